The number of nitrogens with one attached hydrogen (secondary N) is 2. The smallest absolute Gasteiger partial charge is 0.155 e. The van der Waals surface area contributed by atoms with E-state index in [1.807, 2.05) is 24.3 Å². The summed E-state index contributed by atoms with van der Waals surface area (Å²) in [5, 5.41) is 11.1. The van der Waals surface area contributed by atoms with Crippen molar-refractivity contribution in [1.29, 1.82) is 5.41 Å². The second-order valence-electron chi connectivity index (χ2n) is 7.41. The lowest BCUT2D eigenvalue weighted by Gasteiger charge is -2.16. The van der Waals surface area contributed by atoms with Crippen molar-refractivity contribution in [2.24, 2.45) is 5.73 Å². The highest BCUT2D eigenvalue weighted by Gasteiger charge is 2.19. The van der Waals surface area contributed by atoms with Crippen LogP contribution in [0.3, 0.4) is 0 Å². The maximum absolute atomic E-state index is 15.7. The third kappa shape index (κ3) is 4.26. The summed E-state index contributed by atoms with van der Waals surface area (Å²) in [6.07, 6.45) is 1.64. The number of benzene rings is 3. The highest BCUT2D eigenvalue weighted by molar-refractivity contribution is 6.03. The number of anilines is 2. The standard InChI is InChI=1S/C26H22F2N4/c1-16(30)20-10-11-22(25(28)26(20)32-19-6-4-5-17(13-19)15-29)21-9-8-18(14-23(21)27)24-7-2-3-12-31-24/h2-14,30,32H,15,29H2,1H3. The fourth-order valence-electron chi connectivity index (χ4n) is 3.57. The first kappa shape index (κ1) is 21.3. The number of halogens is 2. The van der Waals surface area contributed by atoms with Gasteiger partial charge in [0.05, 0.1) is 11.4 Å². The van der Waals surface area contributed by atoms with Gasteiger partial charge in [0, 0.05) is 46.4 Å². The number of pyridine rings is 1. The summed E-state index contributed by atoms with van der Waals surface area (Å²) in [7, 11) is 0. The van der Waals surface area contributed by atoms with Gasteiger partial charge in [0.15, 0.2) is 5.82 Å². The van der Waals surface area contributed by atoms with Crippen molar-refractivity contribution in [1.82, 2.24) is 4.98 Å². The molecule has 1 aromatic heterocycles. The van der Waals surface area contributed by atoms with Crippen molar-refractivity contribution in [3.05, 3.63) is 102 Å². The van der Waals surface area contributed by atoms with Crippen molar-refractivity contribution in [3.8, 4) is 22.4 Å². The van der Waals surface area contributed by atoms with Crippen molar-refractivity contribution >= 4 is 17.1 Å². The Bertz CT molecular complexity index is 1290. The number of hydrogen-bond acceptors (Lipinski definition) is 4. The van der Waals surface area contributed by atoms with Gasteiger partial charge in [-0.05, 0) is 42.8 Å². The van der Waals surface area contributed by atoms with E-state index in [4.69, 9.17) is 11.1 Å². The fourth-order valence-corrected chi connectivity index (χ4v) is 3.57. The SMILES string of the molecule is CC(=N)c1ccc(-c2ccc(-c3ccccn3)cc2F)c(F)c1Nc1cccc(CN)c1. The van der Waals surface area contributed by atoms with E-state index >= 15 is 8.78 Å². The van der Waals surface area contributed by atoms with Gasteiger partial charge in [-0.15, -0.1) is 0 Å². The first-order valence-corrected chi connectivity index (χ1v) is 10.1. The Morgan fingerprint density at radius 3 is 2.47 bits per heavy atom. The summed E-state index contributed by atoms with van der Waals surface area (Å²) in [6.45, 7) is 1.93. The Morgan fingerprint density at radius 1 is 0.969 bits per heavy atom. The average molecular weight is 428 g/mol. The summed E-state index contributed by atoms with van der Waals surface area (Å²) in [4.78, 5) is 4.23. The molecular weight excluding hydrogens is 406 g/mol. The fraction of sp³-hybridized carbons (Fsp3) is 0.0769. The average Bonchev–Trinajstić information content (AvgIpc) is 2.81. The summed E-state index contributed by atoms with van der Waals surface area (Å²) in [6, 6.07) is 20.4. The van der Waals surface area contributed by atoms with Crippen LogP contribution in [0.4, 0.5) is 20.2 Å². The van der Waals surface area contributed by atoms with E-state index in [1.165, 1.54) is 12.1 Å². The van der Waals surface area contributed by atoms with Crippen LogP contribution >= 0.6 is 0 Å². The molecule has 4 N–H and O–H groups in total. The molecule has 0 aliphatic rings. The van der Waals surface area contributed by atoms with E-state index in [1.54, 1.807) is 49.5 Å². The monoisotopic (exact) mass is 428 g/mol. The molecule has 6 heteroatoms. The van der Waals surface area contributed by atoms with Gasteiger partial charge in [-0.25, -0.2) is 8.78 Å². The number of hydrogen-bond donors (Lipinski definition) is 3. The Balaban J connectivity index is 1.79. The number of rotatable bonds is 6. The van der Waals surface area contributed by atoms with Crippen LogP contribution in [0.25, 0.3) is 22.4 Å². The van der Waals surface area contributed by atoms with Crippen LogP contribution in [0.1, 0.15) is 18.1 Å². The molecule has 0 fully saturated rings. The first-order valence-electron chi connectivity index (χ1n) is 10.1. The molecule has 1 heterocycles. The van der Waals surface area contributed by atoms with E-state index in [2.05, 4.69) is 10.3 Å². The predicted octanol–water partition coefficient (Wildman–Crippen LogP) is 6.28. The third-order valence-corrected chi connectivity index (χ3v) is 5.20. The lowest BCUT2D eigenvalue weighted by atomic mass is 9.97. The van der Waals surface area contributed by atoms with Crippen molar-refractivity contribution < 1.29 is 8.78 Å². The van der Waals surface area contributed by atoms with Crippen molar-refractivity contribution in [3.63, 3.8) is 0 Å². The van der Waals surface area contributed by atoms with E-state index in [9.17, 15) is 0 Å². The van der Waals surface area contributed by atoms with Crippen molar-refractivity contribution in [2.75, 3.05) is 5.32 Å². The zero-order valence-corrected chi connectivity index (χ0v) is 17.5. The third-order valence-electron chi connectivity index (χ3n) is 5.20. The number of nitrogens with two attached hydrogens (primary N) is 1. The lowest BCUT2D eigenvalue weighted by Crippen LogP contribution is -2.06. The second-order valence-corrected chi connectivity index (χ2v) is 7.41. The number of aromatic nitrogens is 1. The van der Waals surface area contributed by atoms with Gasteiger partial charge < -0.3 is 16.5 Å². The van der Waals surface area contributed by atoms with Crippen LogP contribution in [0, 0.1) is 17.0 Å². The summed E-state index contributed by atoms with van der Waals surface area (Å²) >= 11 is 0. The minimum Gasteiger partial charge on any atom is -0.353 e. The highest BCUT2D eigenvalue weighted by atomic mass is 19.1. The van der Waals surface area contributed by atoms with Crippen LogP contribution in [0.5, 0.6) is 0 Å². The van der Waals surface area contributed by atoms with Crippen LogP contribution in [0.2, 0.25) is 0 Å². The van der Waals surface area contributed by atoms with Crippen LogP contribution < -0.4 is 11.1 Å². The minimum absolute atomic E-state index is 0.109. The zero-order valence-electron chi connectivity index (χ0n) is 17.5. The number of nitrogens with zero attached hydrogens (tertiary/aromatic N) is 1. The van der Waals surface area contributed by atoms with Crippen LogP contribution in [-0.4, -0.2) is 10.7 Å². The summed E-state index contributed by atoms with van der Waals surface area (Å²) in [5.74, 6) is -1.18. The molecule has 0 amide bonds. The molecule has 4 rings (SSSR count). The molecule has 0 aliphatic heterocycles. The molecule has 0 bridgehead atoms. The minimum atomic E-state index is -0.628. The molecule has 0 radical (unpaired) electrons. The molecule has 3 aromatic carbocycles. The Labute approximate surface area is 185 Å². The van der Waals surface area contributed by atoms with Gasteiger partial charge in [0.2, 0.25) is 0 Å². The second kappa shape index (κ2) is 9.08. The first-order chi connectivity index (χ1) is 15.5. The molecule has 4 aromatic rings. The van der Waals surface area contributed by atoms with Gasteiger partial charge in [-0.3, -0.25) is 4.98 Å². The molecule has 0 spiro atoms. The molecular formula is C26H22F2N4. The molecule has 0 saturated carbocycles. The zero-order chi connectivity index (χ0) is 22.7. The Morgan fingerprint density at radius 2 is 1.78 bits per heavy atom. The highest BCUT2D eigenvalue weighted by Crippen LogP contribution is 2.35. The molecule has 0 atom stereocenters. The maximum Gasteiger partial charge on any atom is 0.155 e. The van der Waals surface area contributed by atoms with Gasteiger partial charge in [-0.2, -0.15) is 0 Å². The van der Waals surface area contributed by atoms with Gasteiger partial charge >= 0.3 is 0 Å². The maximum atomic E-state index is 15.7. The normalized spacial score (nSPS) is 10.8. The summed E-state index contributed by atoms with van der Waals surface area (Å²) in [5.41, 5.74) is 9.43. The predicted molar refractivity (Wildman–Crippen MR) is 125 cm³/mol. The van der Waals surface area contributed by atoms with Crippen molar-refractivity contribution in [2.45, 2.75) is 13.5 Å². The van der Waals surface area contributed by atoms with Crippen LogP contribution in [0.15, 0.2) is 79.0 Å². The van der Waals surface area contributed by atoms with E-state index in [-0.39, 0.29) is 22.5 Å². The lowest BCUT2D eigenvalue weighted by molar-refractivity contribution is 0.618. The molecule has 4 nitrogen and oxygen atoms in total. The molecule has 32 heavy (non-hydrogen) atoms. The summed E-state index contributed by atoms with van der Waals surface area (Å²) < 4.78 is 30.7. The molecule has 0 saturated heterocycles. The van der Waals surface area contributed by atoms with Gasteiger partial charge in [-0.1, -0.05) is 42.5 Å². The largest absolute Gasteiger partial charge is 0.353 e. The quantitative estimate of drug-likeness (QED) is 0.316. The van der Waals surface area contributed by atoms with Gasteiger partial charge in [0.25, 0.3) is 0 Å². The molecule has 160 valence electrons. The van der Waals surface area contributed by atoms with E-state index in [0.717, 1.165) is 5.56 Å². The molecule has 0 aliphatic carbocycles. The Kier molecular flexibility index (Phi) is 6.05. The topological polar surface area (TPSA) is 74.8 Å². The van der Waals surface area contributed by atoms with Crippen LogP contribution in [-0.2, 0) is 6.54 Å². The van der Waals surface area contributed by atoms with Gasteiger partial charge in [0.1, 0.15) is 5.82 Å². The van der Waals surface area contributed by atoms with E-state index in [0.29, 0.717) is 29.1 Å². The Hall–Kier alpha value is -3.90. The molecule has 0 unspecified atom stereocenters. The van der Waals surface area contributed by atoms with E-state index < -0.39 is 11.6 Å².